The Bertz CT molecular complexity index is 267. The molecule has 2 nitrogen and oxygen atoms in total. The Morgan fingerprint density at radius 2 is 2.50 bits per heavy atom. The van der Waals surface area contributed by atoms with E-state index in [-0.39, 0.29) is 5.44 Å². The summed E-state index contributed by atoms with van der Waals surface area (Å²) in [7, 11) is 0. The van der Waals surface area contributed by atoms with E-state index < -0.39 is 0 Å². The van der Waals surface area contributed by atoms with Crippen LogP contribution < -0.4 is 0 Å². The van der Waals surface area contributed by atoms with Gasteiger partial charge in [0.1, 0.15) is 0 Å². The van der Waals surface area contributed by atoms with Gasteiger partial charge in [0, 0.05) is 0 Å². The molecule has 1 heterocycles. The van der Waals surface area contributed by atoms with Crippen molar-refractivity contribution in [3.63, 3.8) is 0 Å². The van der Waals surface area contributed by atoms with Crippen molar-refractivity contribution in [2.45, 2.75) is 29.3 Å². The van der Waals surface area contributed by atoms with E-state index in [1.807, 2.05) is 12.4 Å². The molecule has 5 heteroatoms. The molecule has 14 heavy (non-hydrogen) atoms. The molecule has 0 bridgehead atoms. The second kappa shape index (κ2) is 7.17. The van der Waals surface area contributed by atoms with Crippen molar-refractivity contribution in [3.8, 4) is 0 Å². The van der Waals surface area contributed by atoms with Crippen LogP contribution in [0.4, 0.5) is 0 Å². The molecule has 0 aliphatic rings. The van der Waals surface area contributed by atoms with Gasteiger partial charge in [-0.3, -0.25) is 0 Å². The molecule has 0 saturated carbocycles. The van der Waals surface area contributed by atoms with Gasteiger partial charge in [-0.05, 0) is 0 Å². The maximum atomic E-state index is 9.51. The van der Waals surface area contributed by atoms with Crippen molar-refractivity contribution in [1.29, 1.82) is 0 Å². The van der Waals surface area contributed by atoms with Gasteiger partial charge in [-0.2, -0.15) is 0 Å². The fraction of sp³-hybridized carbons (Fsp3) is 0.667. The van der Waals surface area contributed by atoms with Crippen molar-refractivity contribution >= 4 is 48.2 Å². The van der Waals surface area contributed by atoms with Crippen LogP contribution in [0.3, 0.4) is 0 Å². The van der Waals surface area contributed by atoms with Crippen molar-refractivity contribution in [3.05, 3.63) is 16.1 Å². The standard InChI is InChI=1S/C9H14NOS2.Po/c1-3-9(11)12-5-4-8-7(2)10-6-13-8;/h6,9,11H,1,3-5H2,2H3;. The monoisotopic (exact) mass is 425 g/mol. The Kier molecular flexibility index (Phi) is 6.60. The summed E-state index contributed by atoms with van der Waals surface area (Å²) >= 11 is 4.92. The van der Waals surface area contributed by atoms with E-state index in [4.69, 9.17) is 0 Å². The molecule has 0 aliphatic carbocycles. The van der Waals surface area contributed by atoms with Crippen molar-refractivity contribution < 1.29 is 5.11 Å². The molecule has 0 fully saturated rings. The van der Waals surface area contributed by atoms with E-state index in [0.29, 0.717) is 0 Å². The van der Waals surface area contributed by atoms with Crippen LogP contribution >= 0.6 is 23.1 Å². The summed E-state index contributed by atoms with van der Waals surface area (Å²) < 4.78 is 1.13. The number of thioether (sulfide) groups is 1. The van der Waals surface area contributed by atoms with Gasteiger partial charge in [0.25, 0.3) is 0 Å². The summed E-state index contributed by atoms with van der Waals surface area (Å²) in [5.74, 6) is 1.000. The zero-order valence-electron chi connectivity index (χ0n) is 8.10. The number of aromatic nitrogens is 1. The fourth-order valence-corrected chi connectivity index (χ4v) is 4.34. The van der Waals surface area contributed by atoms with Crippen LogP contribution in [-0.2, 0) is 6.42 Å². The van der Waals surface area contributed by atoms with Gasteiger partial charge in [-0.1, -0.05) is 0 Å². The third-order valence-corrected chi connectivity index (χ3v) is 4.82. The van der Waals surface area contributed by atoms with Gasteiger partial charge in [0.15, 0.2) is 0 Å². The Balaban J connectivity index is 2.19. The zero-order valence-corrected chi connectivity index (χ0v) is 12.9. The van der Waals surface area contributed by atoms with Crippen LogP contribution in [0.15, 0.2) is 5.51 Å². The van der Waals surface area contributed by atoms with Crippen LogP contribution in [0.5, 0.6) is 0 Å². The van der Waals surface area contributed by atoms with E-state index >= 15 is 0 Å². The SMILES string of the molecule is Cc1ncsc1CCSC(O)C[CH2][Po]. The number of aliphatic hydroxyl groups is 1. The molecule has 1 aromatic rings. The van der Waals surface area contributed by atoms with Gasteiger partial charge >= 0.3 is 109 Å². The first-order chi connectivity index (χ1) is 6.74. The normalized spacial score (nSPS) is 13.1. The van der Waals surface area contributed by atoms with Crippen LogP contribution in [0.1, 0.15) is 17.0 Å². The molecule has 79 valence electrons. The topological polar surface area (TPSA) is 33.1 Å². The predicted octanol–water partition coefficient (Wildman–Crippen LogP) is 2.02. The first-order valence-corrected chi connectivity index (χ1v) is 8.68. The van der Waals surface area contributed by atoms with Gasteiger partial charge in [0.05, 0.1) is 0 Å². The Labute approximate surface area is 109 Å². The molecular formula is C9H14NOPoS2. The second-order valence-corrected chi connectivity index (χ2v) is 6.74. The third kappa shape index (κ3) is 4.57. The Morgan fingerprint density at radius 1 is 1.71 bits per heavy atom. The number of thiazole rings is 1. The molecule has 1 atom stereocenters. The van der Waals surface area contributed by atoms with E-state index in [1.54, 1.807) is 48.2 Å². The molecule has 0 saturated heterocycles. The van der Waals surface area contributed by atoms with Crippen molar-refractivity contribution in [2.75, 3.05) is 5.75 Å². The molecule has 0 spiro atoms. The number of aryl methyl sites for hydroxylation is 2. The van der Waals surface area contributed by atoms with Gasteiger partial charge in [-0.25, -0.2) is 0 Å². The van der Waals surface area contributed by atoms with Crippen molar-refractivity contribution in [1.82, 2.24) is 4.98 Å². The van der Waals surface area contributed by atoms with Crippen LogP contribution in [0, 0.1) is 6.92 Å². The number of rotatable bonds is 6. The zero-order chi connectivity index (χ0) is 10.4. The van der Waals surface area contributed by atoms with E-state index in [1.165, 1.54) is 4.88 Å². The van der Waals surface area contributed by atoms with Crippen LogP contribution in [-0.4, -0.2) is 46.3 Å². The van der Waals surface area contributed by atoms with Gasteiger partial charge in [0.2, 0.25) is 0 Å². The number of hydrogen-bond donors (Lipinski definition) is 1. The average molecular weight is 425 g/mol. The summed E-state index contributed by atoms with van der Waals surface area (Å²) in [6, 6.07) is 0. The second-order valence-electron chi connectivity index (χ2n) is 2.93. The summed E-state index contributed by atoms with van der Waals surface area (Å²) in [6.45, 7) is 2.04. The molecule has 0 amide bonds. The molecule has 1 unspecified atom stereocenters. The number of hydrogen-bond acceptors (Lipinski definition) is 4. The summed E-state index contributed by atoms with van der Waals surface area (Å²) in [6.07, 6.45) is 1.97. The number of aliphatic hydroxyl groups excluding tert-OH is 1. The van der Waals surface area contributed by atoms with E-state index in [9.17, 15) is 5.11 Å². The Hall–Kier alpha value is 0.836. The van der Waals surface area contributed by atoms with E-state index in [0.717, 1.165) is 28.4 Å². The van der Waals surface area contributed by atoms with E-state index in [2.05, 4.69) is 4.98 Å². The minimum atomic E-state index is -0.166. The molecule has 1 rings (SSSR count). The first kappa shape index (κ1) is 12.9. The number of nitrogens with zero attached hydrogens (tertiary/aromatic N) is 1. The minimum absolute atomic E-state index is 0.166. The molecule has 1 radical (unpaired) electrons. The van der Waals surface area contributed by atoms with Crippen LogP contribution in [0.25, 0.3) is 0 Å². The van der Waals surface area contributed by atoms with Gasteiger partial charge in [-0.15, -0.1) is 0 Å². The van der Waals surface area contributed by atoms with Gasteiger partial charge < -0.3 is 0 Å². The van der Waals surface area contributed by atoms with Crippen LogP contribution in [0.2, 0.25) is 4.08 Å². The first-order valence-electron chi connectivity index (χ1n) is 4.50. The Morgan fingerprint density at radius 3 is 3.07 bits per heavy atom. The predicted molar refractivity (Wildman–Crippen MR) is 64.2 cm³/mol. The third-order valence-electron chi connectivity index (χ3n) is 1.85. The fourth-order valence-electron chi connectivity index (χ4n) is 1.04. The summed E-state index contributed by atoms with van der Waals surface area (Å²) in [4.78, 5) is 5.55. The van der Waals surface area contributed by atoms with Crippen molar-refractivity contribution in [2.24, 2.45) is 0 Å². The average Bonchev–Trinajstić information content (AvgIpc) is 2.52. The maximum absolute atomic E-state index is 9.51. The summed E-state index contributed by atoms with van der Waals surface area (Å²) in [5, 5.41) is 9.51. The molecule has 1 N–H and O–H groups in total. The molecule has 1 aromatic heterocycles. The molecular weight excluding hydrogens is 411 g/mol. The molecule has 0 aromatic carbocycles. The summed E-state index contributed by atoms with van der Waals surface area (Å²) in [5.41, 5.74) is 2.87. The quantitative estimate of drug-likeness (QED) is 0.709. The molecule has 0 aliphatic heterocycles.